The number of nitro benzene ring substituents is 1. The first-order valence-corrected chi connectivity index (χ1v) is 4.45. The third-order valence-corrected chi connectivity index (χ3v) is 2.44. The molecule has 0 radical (unpaired) electrons. The first kappa shape index (κ1) is 11.5. The quantitative estimate of drug-likeness (QED) is 0.636. The van der Waals surface area contributed by atoms with E-state index in [2.05, 4.69) is 0 Å². The van der Waals surface area contributed by atoms with Crippen molar-refractivity contribution < 1.29 is 14.8 Å². The average molecular weight is 230 g/mol. The van der Waals surface area contributed by atoms with Crippen LogP contribution >= 0.6 is 11.6 Å². The van der Waals surface area contributed by atoms with Crippen molar-refractivity contribution in [3.8, 4) is 0 Å². The van der Waals surface area contributed by atoms with E-state index in [1.165, 1.54) is 12.1 Å². The van der Waals surface area contributed by atoms with Gasteiger partial charge in [0.05, 0.1) is 11.3 Å². The largest absolute Gasteiger partial charge is 0.481 e. The number of nitro groups is 1. The van der Waals surface area contributed by atoms with Gasteiger partial charge >= 0.3 is 5.97 Å². The van der Waals surface area contributed by atoms with Crippen LogP contribution in [0.1, 0.15) is 11.1 Å². The molecule has 1 N–H and O–H groups in total. The van der Waals surface area contributed by atoms with Crippen LogP contribution in [0.4, 0.5) is 5.69 Å². The van der Waals surface area contributed by atoms with E-state index >= 15 is 0 Å². The first-order chi connectivity index (χ1) is 6.93. The highest BCUT2D eigenvalue weighted by atomic mass is 35.5. The molecule has 0 unspecified atom stereocenters. The molecule has 15 heavy (non-hydrogen) atoms. The molecule has 1 aromatic carbocycles. The van der Waals surface area contributed by atoms with Crippen LogP contribution in [-0.4, -0.2) is 16.0 Å². The second kappa shape index (κ2) is 4.27. The molecule has 6 heteroatoms. The van der Waals surface area contributed by atoms with Crippen LogP contribution in [0.25, 0.3) is 0 Å². The number of carboxylic acid groups (broad SMARTS) is 1. The fourth-order valence-electron chi connectivity index (χ4n) is 1.26. The summed E-state index contributed by atoms with van der Waals surface area (Å²) in [5.74, 6) is -1.12. The molecule has 80 valence electrons. The lowest BCUT2D eigenvalue weighted by Crippen LogP contribution is -2.06. The normalized spacial score (nSPS) is 10.0. The fourth-order valence-corrected chi connectivity index (χ4v) is 1.44. The van der Waals surface area contributed by atoms with Crippen molar-refractivity contribution in [2.24, 2.45) is 0 Å². The van der Waals surface area contributed by atoms with Crippen molar-refractivity contribution in [2.45, 2.75) is 13.3 Å². The average Bonchev–Trinajstić information content (AvgIpc) is 2.12. The van der Waals surface area contributed by atoms with E-state index in [0.29, 0.717) is 10.6 Å². The van der Waals surface area contributed by atoms with Gasteiger partial charge in [0, 0.05) is 16.7 Å². The molecule has 0 saturated carbocycles. The highest BCUT2D eigenvalue weighted by Crippen LogP contribution is 2.28. The van der Waals surface area contributed by atoms with Crippen molar-refractivity contribution in [2.75, 3.05) is 0 Å². The minimum atomic E-state index is -1.12. The highest BCUT2D eigenvalue weighted by Gasteiger charge is 2.19. The molecule has 1 aromatic rings. The second-order valence-electron chi connectivity index (χ2n) is 3.00. The Morgan fingerprint density at radius 1 is 1.60 bits per heavy atom. The van der Waals surface area contributed by atoms with Gasteiger partial charge in [-0.2, -0.15) is 0 Å². The summed E-state index contributed by atoms with van der Waals surface area (Å²) in [5.41, 5.74) is 0.382. The van der Waals surface area contributed by atoms with Gasteiger partial charge in [0.15, 0.2) is 0 Å². The topological polar surface area (TPSA) is 80.4 Å². The Hall–Kier alpha value is -1.62. The maximum atomic E-state index is 10.6. The van der Waals surface area contributed by atoms with Crippen LogP contribution in [0.5, 0.6) is 0 Å². The van der Waals surface area contributed by atoms with Crippen molar-refractivity contribution >= 4 is 23.3 Å². The van der Waals surface area contributed by atoms with Crippen LogP contribution < -0.4 is 0 Å². The fraction of sp³-hybridized carbons (Fsp3) is 0.222. The molecule has 0 aliphatic rings. The summed E-state index contributed by atoms with van der Waals surface area (Å²) in [5, 5.41) is 19.6. The van der Waals surface area contributed by atoms with E-state index < -0.39 is 17.3 Å². The second-order valence-corrected chi connectivity index (χ2v) is 3.40. The lowest BCUT2D eigenvalue weighted by Gasteiger charge is -2.05. The SMILES string of the molecule is Cc1c(Cl)ccc([N+](=O)[O-])c1CC(=O)O. The molecule has 0 spiro atoms. The lowest BCUT2D eigenvalue weighted by molar-refractivity contribution is -0.385. The third-order valence-electron chi connectivity index (χ3n) is 2.03. The van der Waals surface area contributed by atoms with Gasteiger partial charge in [0.25, 0.3) is 5.69 Å². The maximum Gasteiger partial charge on any atom is 0.308 e. The number of benzene rings is 1. The molecule has 0 fully saturated rings. The van der Waals surface area contributed by atoms with Crippen molar-refractivity contribution in [3.63, 3.8) is 0 Å². The van der Waals surface area contributed by atoms with Gasteiger partial charge in [-0.1, -0.05) is 11.6 Å². The van der Waals surface area contributed by atoms with Gasteiger partial charge in [0.2, 0.25) is 0 Å². The molecular weight excluding hydrogens is 222 g/mol. The van der Waals surface area contributed by atoms with E-state index in [1.807, 2.05) is 0 Å². The number of aliphatic carboxylic acids is 1. The summed E-state index contributed by atoms with van der Waals surface area (Å²) in [6.45, 7) is 1.56. The van der Waals surface area contributed by atoms with Crippen LogP contribution in [0.3, 0.4) is 0 Å². The summed E-state index contributed by atoms with van der Waals surface area (Å²) >= 11 is 5.76. The Morgan fingerprint density at radius 2 is 2.20 bits per heavy atom. The number of hydrogen-bond donors (Lipinski definition) is 1. The van der Waals surface area contributed by atoms with E-state index in [4.69, 9.17) is 16.7 Å². The number of halogens is 1. The summed E-state index contributed by atoms with van der Waals surface area (Å²) in [4.78, 5) is 20.6. The molecule has 1 rings (SSSR count). The number of rotatable bonds is 3. The van der Waals surface area contributed by atoms with Crippen LogP contribution in [0.15, 0.2) is 12.1 Å². The third kappa shape index (κ3) is 2.44. The Kier molecular flexibility index (Phi) is 3.26. The monoisotopic (exact) mass is 229 g/mol. The minimum absolute atomic E-state index is 0.153. The Labute approximate surface area is 90.4 Å². The summed E-state index contributed by atoms with van der Waals surface area (Å²) < 4.78 is 0. The highest BCUT2D eigenvalue weighted by molar-refractivity contribution is 6.31. The zero-order valence-electron chi connectivity index (χ0n) is 7.86. The van der Waals surface area contributed by atoms with Crippen molar-refractivity contribution in [1.82, 2.24) is 0 Å². The van der Waals surface area contributed by atoms with Crippen molar-refractivity contribution in [1.29, 1.82) is 0 Å². The summed E-state index contributed by atoms with van der Waals surface area (Å²) in [6, 6.07) is 2.61. The van der Waals surface area contributed by atoms with Gasteiger partial charge in [-0.15, -0.1) is 0 Å². The van der Waals surface area contributed by atoms with Gasteiger partial charge in [-0.05, 0) is 18.6 Å². The number of nitrogens with zero attached hydrogens (tertiary/aromatic N) is 1. The zero-order valence-corrected chi connectivity index (χ0v) is 8.61. The molecular formula is C9H8ClNO4. The van der Waals surface area contributed by atoms with Crippen LogP contribution in [0, 0.1) is 17.0 Å². The molecule has 0 bridgehead atoms. The number of carbonyl (C=O) groups is 1. The lowest BCUT2D eigenvalue weighted by atomic mass is 10.0. The van der Waals surface area contributed by atoms with E-state index in [-0.39, 0.29) is 11.3 Å². The Bertz CT molecular complexity index is 430. The molecule has 0 aliphatic carbocycles. The predicted molar refractivity (Wildman–Crippen MR) is 54.2 cm³/mol. The molecule has 0 heterocycles. The Balaban J connectivity index is 3.34. The van der Waals surface area contributed by atoms with Crippen molar-refractivity contribution in [3.05, 3.63) is 38.4 Å². The molecule has 0 aliphatic heterocycles. The van der Waals surface area contributed by atoms with Gasteiger partial charge < -0.3 is 5.11 Å². The number of hydrogen-bond acceptors (Lipinski definition) is 3. The number of carboxylic acids is 1. The molecule has 5 nitrogen and oxygen atoms in total. The first-order valence-electron chi connectivity index (χ1n) is 4.07. The van der Waals surface area contributed by atoms with Gasteiger partial charge in [-0.3, -0.25) is 14.9 Å². The van der Waals surface area contributed by atoms with E-state index in [0.717, 1.165) is 0 Å². The molecule has 0 atom stereocenters. The summed E-state index contributed by atoms with van der Waals surface area (Å²) in [6.07, 6.45) is -0.400. The molecule has 0 amide bonds. The predicted octanol–water partition coefficient (Wildman–Crippen LogP) is 2.18. The minimum Gasteiger partial charge on any atom is -0.481 e. The zero-order chi connectivity index (χ0) is 11.6. The standard InChI is InChI=1S/C9H8ClNO4/c1-5-6(4-9(12)13)8(11(14)15)3-2-7(5)10/h2-3H,4H2,1H3,(H,12,13). The maximum absolute atomic E-state index is 10.6. The van der Waals surface area contributed by atoms with Gasteiger partial charge in [0.1, 0.15) is 0 Å². The van der Waals surface area contributed by atoms with E-state index in [1.54, 1.807) is 6.92 Å². The molecule has 0 aromatic heterocycles. The van der Waals surface area contributed by atoms with Crippen LogP contribution in [-0.2, 0) is 11.2 Å². The van der Waals surface area contributed by atoms with Gasteiger partial charge in [-0.25, -0.2) is 0 Å². The summed E-state index contributed by atoms with van der Waals surface area (Å²) in [7, 11) is 0. The smallest absolute Gasteiger partial charge is 0.308 e. The van der Waals surface area contributed by atoms with Crippen LogP contribution in [0.2, 0.25) is 5.02 Å². The molecule has 0 saturated heterocycles. The Morgan fingerprint density at radius 3 is 2.67 bits per heavy atom. The van der Waals surface area contributed by atoms with E-state index in [9.17, 15) is 14.9 Å².